The van der Waals surface area contributed by atoms with Crippen molar-refractivity contribution in [2.75, 3.05) is 11.9 Å². The first-order valence-corrected chi connectivity index (χ1v) is 7.22. The van der Waals surface area contributed by atoms with Crippen LogP contribution in [0.3, 0.4) is 0 Å². The second-order valence-electron chi connectivity index (χ2n) is 5.43. The molecule has 124 valence electrons. The van der Waals surface area contributed by atoms with Crippen LogP contribution >= 0.6 is 0 Å². The van der Waals surface area contributed by atoms with Gasteiger partial charge in [-0.15, -0.1) is 0 Å². The molecule has 2 aromatic rings. The summed E-state index contributed by atoms with van der Waals surface area (Å²) in [5.41, 5.74) is -0.133. The minimum Gasteiger partial charge on any atom is -0.374 e. The fourth-order valence-electron chi connectivity index (χ4n) is 2.72. The molecule has 1 fully saturated rings. The summed E-state index contributed by atoms with van der Waals surface area (Å²) in [6.45, 7) is 0.306. The van der Waals surface area contributed by atoms with Crippen molar-refractivity contribution in [3.05, 3.63) is 64.7 Å². The number of anilines is 1. The van der Waals surface area contributed by atoms with Crippen molar-refractivity contribution >= 4 is 5.69 Å². The molecule has 0 amide bonds. The zero-order valence-corrected chi connectivity index (χ0v) is 12.3. The van der Waals surface area contributed by atoms with Crippen LogP contribution in [0.4, 0.5) is 23.2 Å². The molecule has 2 aromatic carbocycles. The second-order valence-corrected chi connectivity index (χ2v) is 5.43. The maximum Gasteiger partial charge on any atom is 0.159 e. The first-order valence-electron chi connectivity index (χ1n) is 7.22. The van der Waals surface area contributed by atoms with E-state index < -0.39 is 35.4 Å². The highest BCUT2D eigenvalue weighted by atomic mass is 19.2. The highest BCUT2D eigenvalue weighted by molar-refractivity contribution is 5.51. The molecule has 0 bridgehead atoms. The monoisotopic (exact) mass is 336 g/mol. The molecule has 7 heteroatoms. The zero-order chi connectivity index (χ0) is 17.3. The summed E-state index contributed by atoms with van der Waals surface area (Å²) in [5, 5.41) is 11.4. The summed E-state index contributed by atoms with van der Waals surface area (Å²) in [7, 11) is 0. The van der Waals surface area contributed by atoms with Gasteiger partial charge in [0.25, 0.3) is 0 Å². The Morgan fingerprint density at radius 1 is 1.00 bits per heavy atom. The van der Waals surface area contributed by atoms with Crippen molar-refractivity contribution < 1.29 is 22.3 Å². The topological polar surface area (TPSA) is 45.0 Å². The average Bonchev–Trinajstić information content (AvgIpc) is 3.01. The van der Waals surface area contributed by atoms with Gasteiger partial charge in [0.05, 0.1) is 17.7 Å². The van der Waals surface area contributed by atoms with Crippen LogP contribution in [0.25, 0.3) is 0 Å². The van der Waals surface area contributed by atoms with E-state index in [9.17, 15) is 17.6 Å². The summed E-state index contributed by atoms with van der Waals surface area (Å²) < 4.78 is 59.9. The van der Waals surface area contributed by atoms with Gasteiger partial charge in [0.1, 0.15) is 11.8 Å². The Balaban J connectivity index is 1.87. The van der Waals surface area contributed by atoms with Gasteiger partial charge in [0.15, 0.2) is 23.3 Å². The summed E-state index contributed by atoms with van der Waals surface area (Å²) >= 11 is 0. The van der Waals surface area contributed by atoms with Gasteiger partial charge in [-0.2, -0.15) is 5.26 Å². The summed E-state index contributed by atoms with van der Waals surface area (Å²) in [6, 6.07) is 6.35. The Bertz CT molecular complexity index is 796. The van der Waals surface area contributed by atoms with Crippen LogP contribution in [0.15, 0.2) is 30.3 Å². The van der Waals surface area contributed by atoms with Crippen molar-refractivity contribution in [3.63, 3.8) is 0 Å². The lowest BCUT2D eigenvalue weighted by Crippen LogP contribution is -2.24. The Hall–Kier alpha value is -2.59. The molecule has 24 heavy (non-hydrogen) atoms. The van der Waals surface area contributed by atoms with Gasteiger partial charge in [-0.25, -0.2) is 17.6 Å². The molecule has 0 spiro atoms. The maximum atomic E-state index is 14.0. The third-order valence-electron chi connectivity index (χ3n) is 3.86. The number of benzene rings is 2. The van der Waals surface area contributed by atoms with Gasteiger partial charge in [-0.3, -0.25) is 0 Å². The average molecular weight is 336 g/mol. The Labute approximate surface area is 135 Å². The van der Waals surface area contributed by atoms with Gasteiger partial charge in [-0.1, -0.05) is 6.07 Å². The number of nitriles is 1. The van der Waals surface area contributed by atoms with Crippen LogP contribution in [0, 0.1) is 34.6 Å². The number of nitrogens with zero attached hydrogens (tertiary/aromatic N) is 1. The molecule has 0 radical (unpaired) electrons. The lowest BCUT2D eigenvalue weighted by Gasteiger charge is -2.22. The van der Waals surface area contributed by atoms with Crippen LogP contribution in [0.2, 0.25) is 0 Å². The van der Waals surface area contributed by atoms with Crippen molar-refractivity contribution in [2.24, 2.45) is 0 Å². The molecule has 3 nitrogen and oxygen atoms in total. The Morgan fingerprint density at radius 2 is 1.71 bits per heavy atom. The number of rotatable bonds is 3. The van der Waals surface area contributed by atoms with Gasteiger partial charge in [0.2, 0.25) is 0 Å². The van der Waals surface area contributed by atoms with Crippen molar-refractivity contribution in [2.45, 2.75) is 18.6 Å². The number of hydrogen-bond donors (Lipinski definition) is 1. The summed E-state index contributed by atoms with van der Waals surface area (Å²) in [5.74, 6) is -3.80. The quantitative estimate of drug-likeness (QED) is 0.860. The molecule has 1 N–H and O–H groups in total. The second kappa shape index (κ2) is 6.49. The highest BCUT2D eigenvalue weighted by Crippen LogP contribution is 2.33. The predicted molar refractivity (Wildman–Crippen MR) is 78.2 cm³/mol. The van der Waals surface area contributed by atoms with Crippen molar-refractivity contribution in [3.8, 4) is 6.07 Å². The number of hydrogen-bond acceptors (Lipinski definition) is 3. The molecular weight excluding hydrogens is 324 g/mol. The normalized spacial score (nSPS) is 20.0. The molecule has 3 rings (SSSR count). The van der Waals surface area contributed by atoms with Crippen molar-refractivity contribution in [1.82, 2.24) is 0 Å². The molecule has 1 saturated heterocycles. The van der Waals surface area contributed by atoms with E-state index in [1.165, 1.54) is 6.07 Å². The molecule has 2 atom stereocenters. The Kier molecular flexibility index (Phi) is 4.40. The van der Waals surface area contributed by atoms with Crippen molar-refractivity contribution in [1.29, 1.82) is 5.26 Å². The first kappa shape index (κ1) is 16.3. The van der Waals surface area contributed by atoms with Crippen LogP contribution in [0.5, 0.6) is 0 Å². The zero-order valence-electron chi connectivity index (χ0n) is 12.3. The standard InChI is InChI=1S/C17H12F4N2O/c18-11-2-1-10(7-12(11)19)17-15(3-4-24-17)23-16-13(20)5-9(8-22)6-14(16)21/h1-2,5-7,15,17,23H,3-4H2. The molecule has 1 heterocycles. The lowest BCUT2D eigenvalue weighted by molar-refractivity contribution is 0.107. The van der Waals surface area contributed by atoms with E-state index in [1.54, 1.807) is 6.07 Å². The van der Waals surface area contributed by atoms with Gasteiger partial charge in [-0.05, 0) is 36.2 Å². The molecule has 1 aliphatic rings. The first-order chi connectivity index (χ1) is 11.5. The number of halogens is 4. The lowest BCUT2D eigenvalue weighted by atomic mass is 10.0. The summed E-state index contributed by atoms with van der Waals surface area (Å²) in [4.78, 5) is 0. The van der Waals surface area contributed by atoms with Gasteiger partial charge < -0.3 is 10.1 Å². The van der Waals surface area contributed by atoms with Crippen LogP contribution in [0.1, 0.15) is 23.7 Å². The highest BCUT2D eigenvalue weighted by Gasteiger charge is 2.31. The van der Waals surface area contributed by atoms with E-state index in [1.807, 2.05) is 0 Å². The molecule has 0 aliphatic carbocycles. The Morgan fingerprint density at radius 3 is 2.33 bits per heavy atom. The van der Waals surface area contributed by atoms with E-state index in [2.05, 4.69) is 5.32 Å². The van der Waals surface area contributed by atoms with Gasteiger partial charge >= 0.3 is 0 Å². The molecule has 2 unspecified atom stereocenters. The van der Waals surface area contributed by atoms with E-state index in [0.29, 0.717) is 18.6 Å². The minimum atomic E-state index is -1.02. The van der Waals surface area contributed by atoms with E-state index >= 15 is 0 Å². The number of nitrogens with one attached hydrogen (secondary N) is 1. The van der Waals surface area contributed by atoms with Crippen LogP contribution in [-0.2, 0) is 4.74 Å². The van der Waals surface area contributed by atoms with Crippen LogP contribution < -0.4 is 5.32 Å². The van der Waals surface area contributed by atoms with Crippen LogP contribution in [-0.4, -0.2) is 12.6 Å². The predicted octanol–water partition coefficient (Wildman–Crippen LogP) is 4.06. The SMILES string of the molecule is N#Cc1cc(F)c(NC2CCOC2c2ccc(F)c(F)c2)c(F)c1. The molecule has 1 aliphatic heterocycles. The maximum absolute atomic E-state index is 14.0. The van der Waals surface area contributed by atoms with E-state index in [-0.39, 0.29) is 11.3 Å². The molecular formula is C17H12F4N2O. The fourth-order valence-corrected chi connectivity index (χ4v) is 2.72. The molecule has 0 aromatic heterocycles. The summed E-state index contributed by atoms with van der Waals surface area (Å²) in [6.07, 6.45) is -0.239. The third-order valence-corrected chi connectivity index (χ3v) is 3.86. The molecule has 0 saturated carbocycles. The van der Waals surface area contributed by atoms with E-state index in [4.69, 9.17) is 10.00 Å². The minimum absolute atomic E-state index is 0.129. The smallest absolute Gasteiger partial charge is 0.159 e. The fraction of sp³-hybridized carbons (Fsp3) is 0.235. The number of ether oxygens (including phenoxy) is 1. The van der Waals surface area contributed by atoms with Gasteiger partial charge in [0, 0.05) is 6.61 Å². The van der Waals surface area contributed by atoms with E-state index in [0.717, 1.165) is 24.3 Å². The third kappa shape index (κ3) is 3.05. The largest absolute Gasteiger partial charge is 0.374 e.